The molecular formula is C17H21N3O6S. The summed E-state index contributed by atoms with van der Waals surface area (Å²) in [5.41, 5.74) is 3.04. The molecule has 0 aliphatic heterocycles. The van der Waals surface area contributed by atoms with Crippen molar-refractivity contribution in [1.29, 1.82) is 0 Å². The van der Waals surface area contributed by atoms with Crippen molar-refractivity contribution in [3.05, 3.63) is 47.8 Å². The predicted molar refractivity (Wildman–Crippen MR) is 96.7 cm³/mol. The molecule has 9 nitrogen and oxygen atoms in total. The number of carboxylic acids is 1. The van der Waals surface area contributed by atoms with Gasteiger partial charge >= 0.3 is 5.97 Å². The molecular weight excluding hydrogens is 374 g/mol. The van der Waals surface area contributed by atoms with Crippen molar-refractivity contribution in [2.24, 2.45) is 7.05 Å². The largest absolute Gasteiger partial charge is 0.493 e. The van der Waals surface area contributed by atoms with Crippen molar-refractivity contribution in [2.45, 2.75) is 24.7 Å². The Balaban J connectivity index is 1.99. The maximum Gasteiger partial charge on any atom is 0.303 e. The van der Waals surface area contributed by atoms with Crippen LogP contribution in [0, 0.1) is 6.92 Å². The van der Waals surface area contributed by atoms with Gasteiger partial charge in [-0.25, -0.2) is 8.42 Å². The maximum absolute atomic E-state index is 12.4. The first-order chi connectivity index (χ1) is 12.7. The van der Waals surface area contributed by atoms with Gasteiger partial charge in [0.1, 0.15) is 11.4 Å². The molecule has 2 aromatic rings. The van der Waals surface area contributed by atoms with Crippen LogP contribution in [0.1, 0.15) is 28.9 Å². The number of aryl methyl sites for hydroxylation is 2. The molecule has 27 heavy (non-hydrogen) atoms. The van der Waals surface area contributed by atoms with Crippen LogP contribution < -0.4 is 15.0 Å². The first kappa shape index (κ1) is 20.5. The van der Waals surface area contributed by atoms with Crippen LogP contribution in [0.15, 0.2) is 41.4 Å². The Labute approximate surface area is 157 Å². The minimum atomic E-state index is -3.96. The first-order valence-corrected chi connectivity index (χ1v) is 9.58. The van der Waals surface area contributed by atoms with Crippen LogP contribution in [0.2, 0.25) is 0 Å². The normalized spacial score (nSPS) is 11.2. The van der Waals surface area contributed by atoms with Crippen molar-refractivity contribution >= 4 is 21.9 Å². The predicted octanol–water partition coefficient (Wildman–Crippen LogP) is 1.20. The number of hydrazine groups is 1. The van der Waals surface area contributed by atoms with E-state index in [2.05, 4.69) is 10.3 Å². The average Bonchev–Trinajstić information content (AvgIpc) is 3.03. The lowest BCUT2D eigenvalue weighted by Crippen LogP contribution is -2.42. The Kier molecular flexibility index (Phi) is 6.59. The summed E-state index contributed by atoms with van der Waals surface area (Å²) in [7, 11) is -2.29. The van der Waals surface area contributed by atoms with Gasteiger partial charge in [-0.05, 0) is 49.2 Å². The van der Waals surface area contributed by atoms with Crippen LogP contribution in [0.4, 0.5) is 0 Å². The molecule has 0 saturated carbocycles. The van der Waals surface area contributed by atoms with Gasteiger partial charge in [-0.3, -0.25) is 15.0 Å². The number of hydrogen-bond donors (Lipinski definition) is 3. The van der Waals surface area contributed by atoms with Crippen molar-refractivity contribution < 1.29 is 27.9 Å². The van der Waals surface area contributed by atoms with E-state index in [1.54, 1.807) is 36.9 Å². The monoisotopic (exact) mass is 395 g/mol. The van der Waals surface area contributed by atoms with Gasteiger partial charge in [0.05, 0.1) is 11.5 Å². The summed E-state index contributed by atoms with van der Waals surface area (Å²) in [6.07, 6.45) is 2.01. The number of carboxylic acid groups (broad SMARTS) is 1. The molecule has 0 aliphatic carbocycles. The van der Waals surface area contributed by atoms with Gasteiger partial charge in [-0.2, -0.15) is 0 Å². The number of benzene rings is 1. The fraction of sp³-hybridized carbons (Fsp3) is 0.294. The molecule has 0 fully saturated rings. The van der Waals surface area contributed by atoms with Crippen LogP contribution in [0.25, 0.3) is 0 Å². The highest BCUT2D eigenvalue weighted by atomic mass is 32.2. The summed E-state index contributed by atoms with van der Waals surface area (Å²) >= 11 is 0. The summed E-state index contributed by atoms with van der Waals surface area (Å²) in [6, 6.07) is 7.47. The highest BCUT2D eigenvalue weighted by Gasteiger charge is 2.18. The van der Waals surface area contributed by atoms with E-state index in [4.69, 9.17) is 9.84 Å². The number of sulfonamides is 1. The number of carbonyl (C=O) groups excluding carboxylic acids is 1. The molecule has 0 spiro atoms. The van der Waals surface area contributed by atoms with E-state index >= 15 is 0 Å². The number of aromatic nitrogens is 1. The molecule has 146 valence electrons. The van der Waals surface area contributed by atoms with Crippen molar-refractivity contribution in [3.63, 3.8) is 0 Å². The fourth-order valence-corrected chi connectivity index (χ4v) is 3.21. The van der Waals surface area contributed by atoms with Gasteiger partial charge in [-0.15, -0.1) is 4.83 Å². The number of carbonyl (C=O) groups is 2. The molecule has 0 aliphatic rings. The topological polar surface area (TPSA) is 127 Å². The van der Waals surface area contributed by atoms with Crippen molar-refractivity contribution in [3.8, 4) is 5.75 Å². The van der Waals surface area contributed by atoms with Gasteiger partial charge in [0.2, 0.25) is 0 Å². The molecule has 1 heterocycles. The quantitative estimate of drug-likeness (QED) is 0.433. The van der Waals surface area contributed by atoms with E-state index in [1.807, 2.05) is 0 Å². The van der Waals surface area contributed by atoms with Gasteiger partial charge in [0.25, 0.3) is 15.9 Å². The minimum Gasteiger partial charge on any atom is -0.493 e. The third kappa shape index (κ3) is 5.56. The standard InChI is InChI=1S/C17H21N3O6S/c1-12-11-13(7-8-15(12)26-10-4-6-16(21)22)27(24,25)19-18-17(23)14-5-3-9-20(14)2/h3,5,7-9,11,19H,4,6,10H2,1-2H3,(H,18,23)(H,21,22). The Morgan fingerprint density at radius 3 is 2.59 bits per heavy atom. The van der Waals surface area contributed by atoms with E-state index in [9.17, 15) is 18.0 Å². The summed E-state index contributed by atoms with van der Waals surface area (Å²) in [6.45, 7) is 1.89. The molecule has 1 aromatic heterocycles. The molecule has 0 atom stereocenters. The van der Waals surface area contributed by atoms with Gasteiger partial charge in [0, 0.05) is 19.7 Å². The van der Waals surface area contributed by atoms with E-state index in [-0.39, 0.29) is 17.9 Å². The molecule has 3 N–H and O–H groups in total. The smallest absolute Gasteiger partial charge is 0.303 e. The lowest BCUT2D eigenvalue weighted by Gasteiger charge is -2.12. The molecule has 0 saturated heterocycles. The van der Waals surface area contributed by atoms with Crippen LogP contribution in [0.5, 0.6) is 5.75 Å². The Morgan fingerprint density at radius 2 is 2.00 bits per heavy atom. The maximum atomic E-state index is 12.4. The zero-order chi connectivity index (χ0) is 20.0. The number of aliphatic carboxylic acids is 1. The molecule has 0 bridgehead atoms. The zero-order valence-corrected chi connectivity index (χ0v) is 15.7. The molecule has 1 aromatic carbocycles. The number of nitrogens with one attached hydrogen (secondary N) is 2. The van der Waals surface area contributed by atoms with Crippen molar-refractivity contribution in [2.75, 3.05) is 6.61 Å². The lowest BCUT2D eigenvalue weighted by molar-refractivity contribution is -0.137. The first-order valence-electron chi connectivity index (χ1n) is 8.09. The third-order valence-corrected chi connectivity index (χ3v) is 4.97. The van der Waals surface area contributed by atoms with Gasteiger partial charge in [-0.1, -0.05) is 0 Å². The summed E-state index contributed by atoms with van der Waals surface area (Å²) in [5.74, 6) is -1.02. The fourth-order valence-electron chi connectivity index (χ4n) is 2.29. The summed E-state index contributed by atoms with van der Waals surface area (Å²) in [4.78, 5) is 24.5. The molecule has 1 amide bonds. The van der Waals surface area contributed by atoms with E-state index in [0.29, 0.717) is 23.4 Å². The average molecular weight is 395 g/mol. The molecule has 0 unspecified atom stereocenters. The van der Waals surface area contributed by atoms with E-state index in [0.717, 1.165) is 0 Å². The Morgan fingerprint density at radius 1 is 1.26 bits per heavy atom. The Hall–Kier alpha value is -2.85. The van der Waals surface area contributed by atoms with E-state index < -0.39 is 21.9 Å². The van der Waals surface area contributed by atoms with Crippen LogP contribution >= 0.6 is 0 Å². The number of hydrogen-bond acceptors (Lipinski definition) is 5. The number of amides is 1. The second-order valence-corrected chi connectivity index (χ2v) is 7.52. The summed E-state index contributed by atoms with van der Waals surface area (Å²) in [5, 5.41) is 8.60. The highest BCUT2D eigenvalue weighted by molar-refractivity contribution is 7.89. The molecule has 0 radical (unpaired) electrons. The second-order valence-electron chi connectivity index (χ2n) is 5.84. The highest BCUT2D eigenvalue weighted by Crippen LogP contribution is 2.22. The van der Waals surface area contributed by atoms with Crippen LogP contribution in [-0.2, 0) is 21.9 Å². The third-order valence-electron chi connectivity index (χ3n) is 3.72. The van der Waals surface area contributed by atoms with E-state index in [1.165, 1.54) is 18.2 Å². The number of ether oxygens (including phenoxy) is 1. The number of rotatable bonds is 9. The van der Waals surface area contributed by atoms with Crippen LogP contribution in [0.3, 0.4) is 0 Å². The number of nitrogens with zero attached hydrogens (tertiary/aromatic N) is 1. The molecule has 2 rings (SSSR count). The van der Waals surface area contributed by atoms with Crippen molar-refractivity contribution in [1.82, 2.24) is 14.8 Å². The second kappa shape index (κ2) is 8.69. The van der Waals surface area contributed by atoms with Gasteiger partial charge < -0.3 is 14.4 Å². The summed E-state index contributed by atoms with van der Waals surface area (Å²) < 4.78 is 31.7. The van der Waals surface area contributed by atoms with Crippen LogP contribution in [-0.4, -0.2) is 36.6 Å². The molecule has 10 heteroatoms. The SMILES string of the molecule is Cc1cc(S(=O)(=O)NNC(=O)c2cccn2C)ccc1OCCCC(=O)O. The zero-order valence-electron chi connectivity index (χ0n) is 14.9. The minimum absolute atomic E-state index is 0.00370. The van der Waals surface area contributed by atoms with Gasteiger partial charge in [0.15, 0.2) is 0 Å². The lowest BCUT2D eigenvalue weighted by atomic mass is 10.2. The Bertz CT molecular complexity index is 936.